The first-order valence-electron chi connectivity index (χ1n) is 6.11. The van der Waals surface area contributed by atoms with Gasteiger partial charge in [0.15, 0.2) is 5.16 Å². The van der Waals surface area contributed by atoms with Gasteiger partial charge in [-0.1, -0.05) is 47.8 Å². The van der Waals surface area contributed by atoms with Gasteiger partial charge in [0.1, 0.15) is 0 Å². The fourth-order valence-corrected chi connectivity index (χ4v) is 3.68. The third-order valence-electron chi connectivity index (χ3n) is 3.57. The average Bonchev–Trinajstić information content (AvgIpc) is 2.96. The lowest BCUT2D eigenvalue weighted by atomic mass is 10.2. The first kappa shape index (κ1) is 12.6. The minimum atomic E-state index is 0.565. The van der Waals surface area contributed by atoms with Gasteiger partial charge >= 0.3 is 0 Å². The zero-order valence-electron chi connectivity index (χ0n) is 10.1. The standard InChI is InChI=1S/C13H14Cl2N2S/c1-18-13-16-11-6-9(14)10(15)7-12(11)17(13)8-4-2-3-5-8/h6-8H,2-5H2,1H3. The highest BCUT2D eigenvalue weighted by atomic mass is 35.5. The van der Waals surface area contributed by atoms with Crippen LogP contribution in [0.4, 0.5) is 0 Å². The highest BCUT2D eigenvalue weighted by Gasteiger charge is 2.22. The maximum absolute atomic E-state index is 6.14. The maximum atomic E-state index is 6.14. The van der Waals surface area contributed by atoms with E-state index < -0.39 is 0 Å². The molecule has 96 valence electrons. The van der Waals surface area contributed by atoms with Crippen LogP contribution in [0.1, 0.15) is 31.7 Å². The predicted octanol–water partition coefficient (Wildman–Crippen LogP) is 5.18. The van der Waals surface area contributed by atoms with E-state index >= 15 is 0 Å². The Balaban J connectivity index is 2.23. The van der Waals surface area contributed by atoms with Crippen molar-refractivity contribution >= 4 is 46.0 Å². The van der Waals surface area contributed by atoms with Crippen molar-refractivity contribution in [3.8, 4) is 0 Å². The van der Waals surface area contributed by atoms with E-state index in [1.54, 1.807) is 11.8 Å². The van der Waals surface area contributed by atoms with Crippen molar-refractivity contribution in [3.63, 3.8) is 0 Å². The molecule has 3 rings (SSSR count). The van der Waals surface area contributed by atoms with Crippen LogP contribution in [0.15, 0.2) is 17.3 Å². The van der Waals surface area contributed by atoms with E-state index in [4.69, 9.17) is 23.2 Å². The Hall–Kier alpha value is -0.380. The van der Waals surface area contributed by atoms with Crippen LogP contribution in [0.2, 0.25) is 10.0 Å². The second-order valence-corrected chi connectivity index (χ2v) is 6.25. The number of rotatable bonds is 2. The summed E-state index contributed by atoms with van der Waals surface area (Å²) >= 11 is 13.9. The first-order chi connectivity index (χ1) is 8.70. The zero-order chi connectivity index (χ0) is 12.7. The van der Waals surface area contributed by atoms with Crippen molar-refractivity contribution in [3.05, 3.63) is 22.2 Å². The van der Waals surface area contributed by atoms with Gasteiger partial charge in [-0.25, -0.2) is 4.98 Å². The second kappa shape index (κ2) is 4.95. The molecule has 1 aromatic carbocycles. The van der Waals surface area contributed by atoms with Crippen LogP contribution in [-0.2, 0) is 0 Å². The molecule has 0 amide bonds. The van der Waals surface area contributed by atoms with Crippen LogP contribution in [0.25, 0.3) is 11.0 Å². The van der Waals surface area contributed by atoms with E-state index in [0.717, 1.165) is 16.2 Å². The Labute approximate surface area is 121 Å². The SMILES string of the molecule is CSc1nc2cc(Cl)c(Cl)cc2n1C1CCCC1. The maximum Gasteiger partial charge on any atom is 0.169 e. The van der Waals surface area contributed by atoms with Gasteiger partial charge in [-0.3, -0.25) is 0 Å². The summed E-state index contributed by atoms with van der Waals surface area (Å²) in [4.78, 5) is 4.66. The van der Waals surface area contributed by atoms with Crippen LogP contribution in [-0.4, -0.2) is 15.8 Å². The first-order valence-corrected chi connectivity index (χ1v) is 8.09. The molecule has 1 fully saturated rings. The number of hydrogen-bond donors (Lipinski definition) is 0. The van der Waals surface area contributed by atoms with Gasteiger partial charge in [-0.2, -0.15) is 0 Å². The van der Waals surface area contributed by atoms with Gasteiger partial charge in [0.05, 0.1) is 21.1 Å². The molecule has 0 radical (unpaired) electrons. The lowest BCUT2D eigenvalue weighted by Gasteiger charge is -2.15. The molecule has 1 saturated carbocycles. The van der Waals surface area contributed by atoms with Crippen LogP contribution in [0.3, 0.4) is 0 Å². The number of hydrogen-bond acceptors (Lipinski definition) is 2. The highest BCUT2D eigenvalue weighted by Crippen LogP contribution is 2.38. The van der Waals surface area contributed by atoms with Gasteiger partial charge < -0.3 is 4.57 Å². The smallest absolute Gasteiger partial charge is 0.169 e. The van der Waals surface area contributed by atoms with Crippen LogP contribution in [0.5, 0.6) is 0 Å². The van der Waals surface area contributed by atoms with Crippen molar-refractivity contribution in [2.24, 2.45) is 0 Å². The number of imidazole rings is 1. The summed E-state index contributed by atoms with van der Waals surface area (Å²) in [6, 6.07) is 4.38. The van der Waals surface area contributed by atoms with E-state index in [2.05, 4.69) is 15.8 Å². The molecule has 2 nitrogen and oxygen atoms in total. The van der Waals surface area contributed by atoms with Gasteiger partial charge in [-0.15, -0.1) is 0 Å². The molecule has 0 atom stereocenters. The molecule has 1 aliphatic rings. The van der Waals surface area contributed by atoms with Crippen LogP contribution in [0, 0.1) is 0 Å². The normalized spacial score (nSPS) is 16.8. The number of halogens is 2. The van der Waals surface area contributed by atoms with Gasteiger partial charge in [-0.05, 0) is 31.2 Å². The van der Waals surface area contributed by atoms with Gasteiger partial charge in [0.2, 0.25) is 0 Å². The number of fused-ring (bicyclic) bond motifs is 1. The Bertz CT molecular complexity index is 588. The second-order valence-electron chi connectivity index (χ2n) is 4.66. The Kier molecular flexibility index (Phi) is 3.48. The number of nitrogens with zero attached hydrogens (tertiary/aromatic N) is 2. The Morgan fingerprint density at radius 2 is 1.89 bits per heavy atom. The summed E-state index contributed by atoms with van der Waals surface area (Å²) in [7, 11) is 0. The third-order valence-corrected chi connectivity index (χ3v) is 4.95. The van der Waals surface area contributed by atoms with Gasteiger partial charge in [0.25, 0.3) is 0 Å². The van der Waals surface area contributed by atoms with E-state index in [1.807, 2.05) is 12.1 Å². The molecule has 2 aromatic rings. The summed E-state index contributed by atoms with van der Waals surface area (Å²) in [5.74, 6) is 0. The third kappa shape index (κ3) is 2.02. The Morgan fingerprint density at radius 1 is 1.22 bits per heavy atom. The highest BCUT2D eigenvalue weighted by molar-refractivity contribution is 7.98. The quantitative estimate of drug-likeness (QED) is 0.711. The number of thioether (sulfide) groups is 1. The zero-order valence-corrected chi connectivity index (χ0v) is 12.4. The largest absolute Gasteiger partial charge is 0.316 e. The molecular weight excluding hydrogens is 287 g/mol. The molecule has 1 aromatic heterocycles. The number of aromatic nitrogens is 2. The summed E-state index contributed by atoms with van der Waals surface area (Å²) in [5.41, 5.74) is 2.06. The van der Waals surface area contributed by atoms with E-state index in [1.165, 1.54) is 25.7 Å². The topological polar surface area (TPSA) is 17.8 Å². The predicted molar refractivity (Wildman–Crippen MR) is 79.0 cm³/mol. The minimum Gasteiger partial charge on any atom is -0.316 e. The van der Waals surface area contributed by atoms with Gasteiger partial charge in [0, 0.05) is 6.04 Å². The molecule has 0 N–H and O–H groups in total. The summed E-state index contributed by atoms with van der Waals surface area (Å²) in [6.45, 7) is 0. The summed E-state index contributed by atoms with van der Waals surface area (Å²) < 4.78 is 2.34. The Morgan fingerprint density at radius 3 is 2.56 bits per heavy atom. The molecule has 1 heterocycles. The minimum absolute atomic E-state index is 0.565. The summed E-state index contributed by atoms with van der Waals surface area (Å²) in [6.07, 6.45) is 7.15. The monoisotopic (exact) mass is 300 g/mol. The molecule has 0 bridgehead atoms. The van der Waals surface area contributed by atoms with E-state index in [0.29, 0.717) is 16.1 Å². The van der Waals surface area contributed by atoms with Crippen molar-refractivity contribution in [2.45, 2.75) is 36.9 Å². The fraction of sp³-hybridized carbons (Fsp3) is 0.462. The van der Waals surface area contributed by atoms with Crippen molar-refractivity contribution in [1.29, 1.82) is 0 Å². The average molecular weight is 301 g/mol. The molecule has 0 spiro atoms. The lowest BCUT2D eigenvalue weighted by molar-refractivity contribution is 0.495. The molecule has 0 unspecified atom stereocenters. The van der Waals surface area contributed by atoms with Crippen LogP contribution >= 0.6 is 35.0 Å². The van der Waals surface area contributed by atoms with Crippen molar-refractivity contribution < 1.29 is 0 Å². The molecular formula is C13H14Cl2N2S. The van der Waals surface area contributed by atoms with Crippen molar-refractivity contribution in [1.82, 2.24) is 9.55 Å². The van der Waals surface area contributed by atoms with E-state index in [9.17, 15) is 0 Å². The molecule has 0 saturated heterocycles. The number of benzene rings is 1. The molecule has 0 aliphatic heterocycles. The lowest BCUT2D eigenvalue weighted by Crippen LogP contribution is -2.05. The summed E-state index contributed by atoms with van der Waals surface area (Å²) in [5, 5.41) is 2.25. The fourth-order valence-electron chi connectivity index (χ4n) is 2.73. The molecule has 18 heavy (non-hydrogen) atoms. The van der Waals surface area contributed by atoms with Crippen LogP contribution < -0.4 is 0 Å². The molecule has 5 heteroatoms. The van der Waals surface area contributed by atoms with E-state index in [-0.39, 0.29) is 0 Å². The van der Waals surface area contributed by atoms with Crippen molar-refractivity contribution in [2.75, 3.05) is 6.26 Å². The molecule has 1 aliphatic carbocycles.